The number of carbonyl (C=O) groups excluding carboxylic acids is 1. The summed E-state index contributed by atoms with van der Waals surface area (Å²) in [5.74, 6) is 1.80. The summed E-state index contributed by atoms with van der Waals surface area (Å²) in [6.07, 6.45) is 1.08. The number of nitrogens with one attached hydrogen (secondary N) is 1. The third kappa shape index (κ3) is 6.28. The summed E-state index contributed by atoms with van der Waals surface area (Å²) in [5, 5.41) is 3.59. The molecule has 0 aliphatic rings. The van der Waals surface area contributed by atoms with Crippen LogP contribution in [-0.4, -0.2) is 11.7 Å². The van der Waals surface area contributed by atoms with E-state index < -0.39 is 0 Å². The zero-order valence-electron chi connectivity index (χ0n) is 17.4. The largest absolute Gasteiger partial charge is 0.457 e. The Morgan fingerprint density at radius 2 is 1.50 bits per heavy atom. The molecule has 156 valence electrons. The van der Waals surface area contributed by atoms with Gasteiger partial charge in [-0.25, -0.2) is 0 Å². The van der Waals surface area contributed by atoms with Gasteiger partial charge in [-0.2, -0.15) is 0 Å². The van der Waals surface area contributed by atoms with Crippen molar-refractivity contribution in [3.63, 3.8) is 0 Å². The molecule has 3 rings (SSSR count). The summed E-state index contributed by atoms with van der Waals surface area (Å²) in [5.41, 5.74) is 2.19. The van der Waals surface area contributed by atoms with Gasteiger partial charge in [0.15, 0.2) is 0 Å². The quantitative estimate of drug-likeness (QED) is 0.368. The molecular formula is C25H26ClNO2S. The standard InChI is InChI=1S/C25H26ClNO2S/c1-4-25(2,3)18-5-11-21(12-6-18)29-22-13-9-20(10-14-22)27-24(28)17-30-23-15-7-19(26)8-16-23/h5-16H,4,17H2,1-3H3,(H,27,28). The van der Waals surface area contributed by atoms with Gasteiger partial charge in [-0.05, 0) is 78.1 Å². The Morgan fingerprint density at radius 3 is 2.07 bits per heavy atom. The fourth-order valence-corrected chi connectivity index (χ4v) is 3.62. The number of anilines is 1. The monoisotopic (exact) mass is 439 g/mol. The maximum atomic E-state index is 12.2. The minimum absolute atomic E-state index is 0.0576. The normalized spacial score (nSPS) is 11.2. The van der Waals surface area contributed by atoms with E-state index in [0.29, 0.717) is 10.8 Å². The van der Waals surface area contributed by atoms with E-state index in [0.717, 1.165) is 28.5 Å². The second-order valence-corrected chi connectivity index (χ2v) is 9.16. The number of rotatable bonds is 8. The van der Waals surface area contributed by atoms with Crippen molar-refractivity contribution in [2.75, 3.05) is 11.1 Å². The summed E-state index contributed by atoms with van der Waals surface area (Å²) in [6.45, 7) is 6.68. The number of amides is 1. The zero-order valence-corrected chi connectivity index (χ0v) is 19.0. The molecule has 0 saturated heterocycles. The summed E-state index contributed by atoms with van der Waals surface area (Å²) in [6, 6.07) is 23.1. The Morgan fingerprint density at radius 1 is 0.933 bits per heavy atom. The number of benzene rings is 3. The van der Waals surface area contributed by atoms with Crippen LogP contribution in [0.15, 0.2) is 77.7 Å². The lowest BCUT2D eigenvalue weighted by atomic mass is 9.82. The van der Waals surface area contributed by atoms with Crippen LogP contribution in [-0.2, 0) is 10.2 Å². The third-order valence-corrected chi connectivity index (χ3v) is 6.34. The van der Waals surface area contributed by atoms with Crippen LogP contribution < -0.4 is 10.1 Å². The predicted octanol–water partition coefficient (Wildman–Crippen LogP) is 7.55. The summed E-state index contributed by atoms with van der Waals surface area (Å²) in [4.78, 5) is 13.2. The number of thioether (sulfide) groups is 1. The van der Waals surface area contributed by atoms with Crippen LogP contribution in [0.4, 0.5) is 5.69 Å². The molecule has 1 amide bonds. The van der Waals surface area contributed by atoms with Crippen LogP contribution in [0.1, 0.15) is 32.8 Å². The molecular weight excluding hydrogens is 414 g/mol. The average Bonchev–Trinajstić information content (AvgIpc) is 2.75. The average molecular weight is 440 g/mol. The van der Waals surface area contributed by atoms with E-state index in [-0.39, 0.29) is 11.3 Å². The Kier molecular flexibility index (Phi) is 7.46. The van der Waals surface area contributed by atoms with Crippen LogP contribution in [0.25, 0.3) is 0 Å². The van der Waals surface area contributed by atoms with E-state index in [1.807, 2.05) is 60.7 Å². The van der Waals surface area contributed by atoms with E-state index in [1.54, 1.807) is 0 Å². The molecule has 0 saturated carbocycles. The third-order valence-electron chi connectivity index (χ3n) is 5.08. The fraction of sp³-hybridized carbons (Fsp3) is 0.240. The van der Waals surface area contributed by atoms with Gasteiger partial charge >= 0.3 is 0 Å². The minimum atomic E-state index is -0.0576. The first-order valence-electron chi connectivity index (χ1n) is 9.92. The van der Waals surface area contributed by atoms with Gasteiger partial charge in [0.25, 0.3) is 0 Å². The van der Waals surface area contributed by atoms with Crippen LogP contribution in [0.2, 0.25) is 5.02 Å². The number of hydrogen-bond donors (Lipinski definition) is 1. The van der Waals surface area contributed by atoms with Gasteiger partial charge in [0.1, 0.15) is 11.5 Å². The highest BCUT2D eigenvalue weighted by Gasteiger charge is 2.17. The van der Waals surface area contributed by atoms with E-state index in [1.165, 1.54) is 17.3 Å². The Bertz CT molecular complexity index is 968. The lowest BCUT2D eigenvalue weighted by molar-refractivity contribution is -0.113. The molecule has 0 spiro atoms. The molecule has 0 aliphatic heterocycles. The topological polar surface area (TPSA) is 38.3 Å². The number of ether oxygens (including phenoxy) is 1. The molecule has 0 fully saturated rings. The number of hydrogen-bond acceptors (Lipinski definition) is 3. The van der Waals surface area contributed by atoms with E-state index in [2.05, 4.69) is 38.2 Å². The second kappa shape index (κ2) is 10.1. The van der Waals surface area contributed by atoms with Crippen molar-refractivity contribution in [1.82, 2.24) is 0 Å². The molecule has 0 heterocycles. The molecule has 5 heteroatoms. The Hall–Kier alpha value is -2.43. The molecule has 3 aromatic rings. The molecule has 0 aliphatic carbocycles. The van der Waals surface area contributed by atoms with Gasteiger partial charge in [0.05, 0.1) is 5.75 Å². The first-order valence-corrected chi connectivity index (χ1v) is 11.3. The molecule has 1 N–H and O–H groups in total. The van der Waals surface area contributed by atoms with Gasteiger partial charge in [-0.1, -0.05) is 44.5 Å². The molecule has 0 atom stereocenters. The molecule has 0 bridgehead atoms. The molecule has 0 unspecified atom stereocenters. The zero-order chi connectivity index (χ0) is 21.6. The van der Waals surface area contributed by atoms with Gasteiger partial charge in [-0.3, -0.25) is 4.79 Å². The highest BCUT2D eigenvalue weighted by molar-refractivity contribution is 8.00. The van der Waals surface area contributed by atoms with Crippen LogP contribution in [0.3, 0.4) is 0 Å². The van der Waals surface area contributed by atoms with Crippen molar-refractivity contribution in [3.8, 4) is 11.5 Å². The first-order chi connectivity index (χ1) is 14.4. The molecule has 0 radical (unpaired) electrons. The van der Waals surface area contributed by atoms with Gasteiger partial charge < -0.3 is 10.1 Å². The Balaban J connectivity index is 1.52. The van der Waals surface area contributed by atoms with E-state index in [9.17, 15) is 4.79 Å². The van der Waals surface area contributed by atoms with Gasteiger partial charge in [0, 0.05) is 15.6 Å². The molecule has 3 aromatic carbocycles. The minimum Gasteiger partial charge on any atom is -0.457 e. The fourth-order valence-electron chi connectivity index (χ4n) is 2.80. The van der Waals surface area contributed by atoms with Crippen LogP contribution >= 0.6 is 23.4 Å². The summed E-state index contributed by atoms with van der Waals surface area (Å²) >= 11 is 7.35. The Labute approximate surface area is 187 Å². The number of halogens is 1. The van der Waals surface area contributed by atoms with Crippen molar-refractivity contribution >= 4 is 35.0 Å². The van der Waals surface area contributed by atoms with Crippen LogP contribution in [0, 0.1) is 0 Å². The summed E-state index contributed by atoms with van der Waals surface area (Å²) < 4.78 is 5.93. The summed E-state index contributed by atoms with van der Waals surface area (Å²) in [7, 11) is 0. The van der Waals surface area contributed by atoms with Crippen molar-refractivity contribution in [2.45, 2.75) is 37.5 Å². The van der Waals surface area contributed by atoms with Crippen molar-refractivity contribution < 1.29 is 9.53 Å². The van der Waals surface area contributed by atoms with Crippen LogP contribution in [0.5, 0.6) is 11.5 Å². The highest BCUT2D eigenvalue weighted by Crippen LogP contribution is 2.30. The van der Waals surface area contributed by atoms with E-state index in [4.69, 9.17) is 16.3 Å². The maximum absolute atomic E-state index is 12.2. The molecule has 30 heavy (non-hydrogen) atoms. The molecule has 3 nitrogen and oxygen atoms in total. The highest BCUT2D eigenvalue weighted by atomic mass is 35.5. The van der Waals surface area contributed by atoms with E-state index >= 15 is 0 Å². The number of carbonyl (C=O) groups is 1. The smallest absolute Gasteiger partial charge is 0.234 e. The van der Waals surface area contributed by atoms with Crippen molar-refractivity contribution in [3.05, 3.63) is 83.4 Å². The first kappa shape index (κ1) is 22.3. The molecule has 0 aromatic heterocycles. The van der Waals surface area contributed by atoms with Gasteiger partial charge in [0.2, 0.25) is 5.91 Å². The lowest BCUT2D eigenvalue weighted by Crippen LogP contribution is -2.14. The van der Waals surface area contributed by atoms with Crippen molar-refractivity contribution in [2.24, 2.45) is 0 Å². The lowest BCUT2D eigenvalue weighted by Gasteiger charge is -2.23. The predicted molar refractivity (Wildman–Crippen MR) is 127 cm³/mol. The van der Waals surface area contributed by atoms with Gasteiger partial charge in [-0.15, -0.1) is 11.8 Å². The van der Waals surface area contributed by atoms with Crippen molar-refractivity contribution in [1.29, 1.82) is 0 Å². The SMILES string of the molecule is CCC(C)(C)c1ccc(Oc2ccc(NC(=O)CSc3ccc(Cl)cc3)cc2)cc1. The second-order valence-electron chi connectivity index (χ2n) is 7.68. The maximum Gasteiger partial charge on any atom is 0.234 e.